The normalized spacial score (nSPS) is 16.8. The van der Waals surface area contributed by atoms with Gasteiger partial charge >= 0.3 is 0 Å². The highest BCUT2D eigenvalue weighted by Crippen LogP contribution is 2.31. The Morgan fingerprint density at radius 3 is 2.05 bits per heavy atom. The summed E-state index contributed by atoms with van der Waals surface area (Å²) < 4.78 is 59.7. The molecule has 6 heteroatoms. The molecule has 22 heavy (non-hydrogen) atoms. The second-order valence-electron chi connectivity index (χ2n) is 5.24. The van der Waals surface area contributed by atoms with Crippen molar-refractivity contribution in [3.8, 4) is 17.6 Å². The lowest BCUT2D eigenvalue weighted by Crippen LogP contribution is -2.29. The van der Waals surface area contributed by atoms with Crippen LogP contribution in [0.15, 0.2) is 0 Å². The Labute approximate surface area is 126 Å². The van der Waals surface area contributed by atoms with E-state index in [-0.39, 0.29) is 6.61 Å². The summed E-state index contributed by atoms with van der Waals surface area (Å²) in [4.78, 5) is 0. The van der Waals surface area contributed by atoms with Gasteiger partial charge < -0.3 is 9.84 Å². The quantitative estimate of drug-likeness (QED) is 0.512. The second kappa shape index (κ2) is 6.57. The summed E-state index contributed by atoms with van der Waals surface area (Å²) in [5, 5.41) is 10.2. The molecule has 1 saturated carbocycles. The van der Waals surface area contributed by atoms with E-state index in [0.717, 1.165) is 19.3 Å². The summed E-state index contributed by atoms with van der Waals surface area (Å²) >= 11 is 0. The topological polar surface area (TPSA) is 29.5 Å². The van der Waals surface area contributed by atoms with Gasteiger partial charge in [-0.15, -0.1) is 0 Å². The smallest absolute Gasteiger partial charge is 0.205 e. The SMILES string of the molecule is CCOc1c(F)c(F)c(C#CC2(O)CCCCC2)c(F)c1F. The molecule has 0 aromatic heterocycles. The second-order valence-corrected chi connectivity index (χ2v) is 5.24. The number of hydrogen-bond donors (Lipinski definition) is 1. The van der Waals surface area contributed by atoms with E-state index in [1.807, 2.05) is 0 Å². The number of halogens is 4. The predicted octanol–water partition coefficient (Wildman–Crippen LogP) is 3.69. The summed E-state index contributed by atoms with van der Waals surface area (Å²) in [7, 11) is 0. The van der Waals surface area contributed by atoms with Gasteiger partial charge in [-0.3, -0.25) is 0 Å². The molecule has 1 aliphatic carbocycles. The van der Waals surface area contributed by atoms with Crippen molar-refractivity contribution in [1.82, 2.24) is 0 Å². The number of hydrogen-bond acceptors (Lipinski definition) is 2. The number of ether oxygens (including phenoxy) is 1. The largest absolute Gasteiger partial charge is 0.488 e. The fraction of sp³-hybridized carbons (Fsp3) is 0.500. The van der Waals surface area contributed by atoms with Crippen molar-refractivity contribution in [3.63, 3.8) is 0 Å². The first-order valence-corrected chi connectivity index (χ1v) is 7.14. The molecule has 0 amide bonds. The number of benzene rings is 1. The number of aliphatic hydroxyl groups is 1. The molecular formula is C16H16F4O2. The van der Waals surface area contributed by atoms with E-state index >= 15 is 0 Å². The van der Waals surface area contributed by atoms with Crippen LogP contribution in [0.5, 0.6) is 5.75 Å². The van der Waals surface area contributed by atoms with E-state index in [1.165, 1.54) is 6.92 Å². The van der Waals surface area contributed by atoms with Crippen molar-refractivity contribution in [3.05, 3.63) is 28.8 Å². The zero-order chi connectivity index (χ0) is 16.3. The van der Waals surface area contributed by atoms with Crippen LogP contribution in [0.4, 0.5) is 17.6 Å². The fourth-order valence-electron chi connectivity index (χ4n) is 2.43. The molecule has 0 aliphatic heterocycles. The number of rotatable bonds is 2. The molecule has 0 heterocycles. The van der Waals surface area contributed by atoms with E-state index in [9.17, 15) is 22.7 Å². The Morgan fingerprint density at radius 2 is 1.55 bits per heavy atom. The molecule has 2 rings (SSSR count). The lowest BCUT2D eigenvalue weighted by Gasteiger charge is -2.26. The summed E-state index contributed by atoms with van der Waals surface area (Å²) in [6.07, 6.45) is 3.15. The highest BCUT2D eigenvalue weighted by Gasteiger charge is 2.29. The van der Waals surface area contributed by atoms with Gasteiger partial charge in [0.1, 0.15) is 11.2 Å². The van der Waals surface area contributed by atoms with E-state index in [4.69, 9.17) is 0 Å². The highest BCUT2D eigenvalue weighted by molar-refractivity contribution is 5.44. The van der Waals surface area contributed by atoms with Crippen molar-refractivity contribution in [2.24, 2.45) is 0 Å². The summed E-state index contributed by atoms with van der Waals surface area (Å²) in [5.41, 5.74) is -2.40. The minimum absolute atomic E-state index is 0.141. The van der Waals surface area contributed by atoms with Gasteiger partial charge in [-0.2, -0.15) is 8.78 Å². The van der Waals surface area contributed by atoms with Crippen molar-refractivity contribution in [2.45, 2.75) is 44.6 Å². The maximum absolute atomic E-state index is 13.9. The first-order valence-electron chi connectivity index (χ1n) is 7.14. The lowest BCUT2D eigenvalue weighted by atomic mass is 9.85. The molecule has 0 spiro atoms. The standard InChI is InChI=1S/C16H16F4O2/c1-2-22-15-13(19)11(17)10(12(18)14(15)20)6-9-16(21)7-4-3-5-8-16/h21H,2-5,7-8H2,1H3. The van der Waals surface area contributed by atoms with Crippen LogP contribution >= 0.6 is 0 Å². The van der Waals surface area contributed by atoms with Crippen LogP contribution in [0.3, 0.4) is 0 Å². The first-order chi connectivity index (χ1) is 10.4. The van der Waals surface area contributed by atoms with Crippen molar-refractivity contribution >= 4 is 0 Å². The Morgan fingerprint density at radius 1 is 1.00 bits per heavy atom. The minimum Gasteiger partial charge on any atom is -0.488 e. The van der Waals surface area contributed by atoms with Crippen LogP contribution in [0.1, 0.15) is 44.6 Å². The Balaban J connectivity index is 2.45. The van der Waals surface area contributed by atoms with Gasteiger partial charge in [0.2, 0.25) is 11.6 Å². The van der Waals surface area contributed by atoms with Crippen LogP contribution in [-0.4, -0.2) is 17.3 Å². The highest BCUT2D eigenvalue weighted by atomic mass is 19.2. The van der Waals surface area contributed by atoms with Crippen LogP contribution in [0.2, 0.25) is 0 Å². The molecule has 1 aromatic carbocycles. The van der Waals surface area contributed by atoms with E-state index in [0.29, 0.717) is 12.8 Å². The van der Waals surface area contributed by atoms with E-state index in [1.54, 1.807) is 0 Å². The molecule has 1 aliphatic rings. The monoisotopic (exact) mass is 316 g/mol. The van der Waals surface area contributed by atoms with Crippen LogP contribution in [0, 0.1) is 35.1 Å². The molecule has 0 bridgehead atoms. The van der Waals surface area contributed by atoms with E-state index < -0.39 is 40.2 Å². The predicted molar refractivity (Wildman–Crippen MR) is 72.4 cm³/mol. The summed E-state index contributed by atoms with van der Waals surface area (Å²) in [6, 6.07) is 0. The fourth-order valence-corrected chi connectivity index (χ4v) is 2.43. The average molecular weight is 316 g/mol. The third kappa shape index (κ3) is 3.20. The Bertz CT molecular complexity index is 596. The van der Waals surface area contributed by atoms with Crippen LogP contribution in [0.25, 0.3) is 0 Å². The maximum Gasteiger partial charge on any atom is 0.205 e. The van der Waals surface area contributed by atoms with Crippen molar-refractivity contribution < 1.29 is 27.4 Å². The molecule has 120 valence electrons. The molecule has 2 nitrogen and oxygen atoms in total. The van der Waals surface area contributed by atoms with Gasteiger partial charge in [0.15, 0.2) is 17.4 Å². The zero-order valence-corrected chi connectivity index (χ0v) is 12.1. The van der Waals surface area contributed by atoms with Gasteiger partial charge in [-0.1, -0.05) is 18.3 Å². The molecule has 0 atom stereocenters. The lowest BCUT2D eigenvalue weighted by molar-refractivity contribution is 0.0610. The van der Waals surface area contributed by atoms with Gasteiger partial charge in [-0.25, -0.2) is 8.78 Å². The summed E-state index contributed by atoms with van der Waals surface area (Å²) in [5.74, 6) is -3.17. The minimum atomic E-state index is -1.62. The van der Waals surface area contributed by atoms with Crippen LogP contribution < -0.4 is 4.74 Å². The molecular weight excluding hydrogens is 300 g/mol. The molecule has 0 unspecified atom stereocenters. The average Bonchev–Trinajstić information content (AvgIpc) is 2.50. The third-order valence-electron chi connectivity index (χ3n) is 3.61. The maximum atomic E-state index is 13.9. The summed E-state index contributed by atoms with van der Waals surface area (Å²) in [6.45, 7) is 1.29. The van der Waals surface area contributed by atoms with Crippen molar-refractivity contribution in [2.75, 3.05) is 6.61 Å². The molecule has 0 radical (unpaired) electrons. The van der Waals surface area contributed by atoms with Crippen LogP contribution in [-0.2, 0) is 0 Å². The Kier molecular flexibility index (Phi) is 4.97. The molecule has 1 aromatic rings. The van der Waals surface area contributed by atoms with Gasteiger partial charge in [-0.05, 0) is 32.6 Å². The zero-order valence-electron chi connectivity index (χ0n) is 12.1. The molecule has 1 fully saturated rings. The van der Waals surface area contributed by atoms with Gasteiger partial charge in [0.25, 0.3) is 0 Å². The third-order valence-corrected chi connectivity index (χ3v) is 3.61. The van der Waals surface area contributed by atoms with Gasteiger partial charge in [0, 0.05) is 0 Å². The van der Waals surface area contributed by atoms with E-state index in [2.05, 4.69) is 16.6 Å². The first kappa shape index (κ1) is 16.6. The van der Waals surface area contributed by atoms with Crippen molar-refractivity contribution in [1.29, 1.82) is 0 Å². The Hall–Kier alpha value is -1.74. The van der Waals surface area contributed by atoms with Gasteiger partial charge in [0.05, 0.1) is 6.61 Å². The molecule has 1 N–H and O–H groups in total. The molecule has 0 saturated heterocycles.